The third kappa shape index (κ3) is 4.60. The Kier molecular flexibility index (Phi) is 6.37. The topological polar surface area (TPSA) is 71.6 Å². The van der Waals surface area contributed by atoms with Crippen LogP contribution in [0.5, 0.6) is 0 Å². The van der Waals surface area contributed by atoms with E-state index in [0.717, 1.165) is 68.2 Å². The lowest BCUT2D eigenvalue weighted by atomic mass is 9.74. The zero-order chi connectivity index (χ0) is 25.7. The molecule has 9 heteroatoms. The highest BCUT2D eigenvalue weighted by atomic mass is 35.5. The van der Waals surface area contributed by atoms with Gasteiger partial charge in [-0.3, -0.25) is 4.79 Å². The summed E-state index contributed by atoms with van der Waals surface area (Å²) in [7, 11) is 0. The second kappa shape index (κ2) is 9.57. The maximum absolute atomic E-state index is 13.5. The number of hydrogen-bond acceptors (Lipinski definition) is 4. The fourth-order valence-corrected chi connectivity index (χ4v) is 6.58. The molecular weight excluding hydrogens is 498 g/mol. The number of aromatic nitrogens is 1. The fraction of sp³-hybridized carbons (Fsp3) is 0.464. The van der Waals surface area contributed by atoms with Crippen molar-refractivity contribution in [2.24, 2.45) is 5.92 Å². The molecule has 2 saturated heterocycles. The predicted octanol–water partition coefficient (Wildman–Crippen LogP) is 4.77. The number of piperidine rings is 2. The number of aliphatic hydroxyl groups excluding tert-OH is 1. The maximum Gasteiger partial charge on any atom is 0.270 e. The normalized spacial score (nSPS) is 20.8. The number of likely N-dealkylation sites (tertiary alicyclic amines) is 2. The summed E-state index contributed by atoms with van der Waals surface area (Å²) in [5.41, 5.74) is 3.38. The van der Waals surface area contributed by atoms with Crippen molar-refractivity contribution in [2.75, 3.05) is 44.6 Å². The zero-order valence-electron chi connectivity index (χ0n) is 20.6. The number of H-pyrrole nitrogens is 1. The number of carbonyl (C=O) groups excluding carboxylic acids is 1. The first kappa shape index (κ1) is 24.6. The third-order valence-electron chi connectivity index (χ3n) is 8.69. The molecule has 1 atom stereocenters. The third-order valence-corrected chi connectivity index (χ3v) is 8.93. The van der Waals surface area contributed by atoms with Gasteiger partial charge in [0.25, 0.3) is 5.91 Å². The highest BCUT2D eigenvalue weighted by Gasteiger charge is 2.42. The van der Waals surface area contributed by atoms with E-state index in [0.29, 0.717) is 36.2 Å². The van der Waals surface area contributed by atoms with Crippen LogP contribution in [0.1, 0.15) is 41.7 Å². The molecular formula is C28H31ClF2N4O2. The Morgan fingerprint density at radius 2 is 1.81 bits per heavy atom. The van der Waals surface area contributed by atoms with Gasteiger partial charge in [-0.1, -0.05) is 17.7 Å². The van der Waals surface area contributed by atoms with E-state index in [4.69, 9.17) is 11.6 Å². The summed E-state index contributed by atoms with van der Waals surface area (Å²) in [6, 6.07) is 9.88. The summed E-state index contributed by atoms with van der Waals surface area (Å²) >= 11 is 6.17. The van der Waals surface area contributed by atoms with Gasteiger partial charge in [-0.15, -0.1) is 0 Å². The van der Waals surface area contributed by atoms with Crippen LogP contribution in [-0.4, -0.2) is 71.2 Å². The summed E-state index contributed by atoms with van der Waals surface area (Å²) in [5, 5.41) is 15.8. The van der Waals surface area contributed by atoms with Crippen molar-refractivity contribution in [2.45, 2.75) is 37.2 Å². The Balaban J connectivity index is 1.01. The molecule has 1 unspecified atom stereocenters. The number of anilines is 1. The van der Waals surface area contributed by atoms with E-state index in [1.807, 2.05) is 12.1 Å². The lowest BCUT2D eigenvalue weighted by Crippen LogP contribution is -2.48. The predicted molar refractivity (Wildman–Crippen MR) is 140 cm³/mol. The van der Waals surface area contributed by atoms with Crippen molar-refractivity contribution in [3.63, 3.8) is 0 Å². The van der Waals surface area contributed by atoms with Crippen LogP contribution < -0.4 is 5.32 Å². The van der Waals surface area contributed by atoms with Gasteiger partial charge in [0.05, 0.1) is 6.10 Å². The van der Waals surface area contributed by atoms with Crippen LogP contribution >= 0.6 is 11.6 Å². The van der Waals surface area contributed by atoms with Gasteiger partial charge in [0, 0.05) is 59.3 Å². The number of hydrogen-bond donors (Lipinski definition) is 3. The highest BCUT2D eigenvalue weighted by molar-refractivity contribution is 6.30. The molecule has 1 amide bonds. The molecule has 0 saturated carbocycles. The standard InChI is InChI=1S/C28H31ClF2N4O2/c29-19-1-2-20-24(13-19)32-16-28(20)5-9-34(10-6-28)15-26(36)17-3-7-35(8-4-17)27(37)25-12-18-11-21(30)22(31)14-23(18)33-25/h1-2,11-14,17,26,32-33,36H,3-10,15-16H2. The number of halogens is 3. The summed E-state index contributed by atoms with van der Waals surface area (Å²) in [4.78, 5) is 20.0. The first-order valence-corrected chi connectivity index (χ1v) is 13.4. The van der Waals surface area contributed by atoms with E-state index in [9.17, 15) is 18.7 Å². The highest BCUT2D eigenvalue weighted by Crippen LogP contribution is 2.44. The number of aliphatic hydroxyl groups is 1. The lowest BCUT2D eigenvalue weighted by molar-refractivity contribution is 0.0203. The van der Waals surface area contributed by atoms with Crippen LogP contribution in [0, 0.1) is 17.6 Å². The Morgan fingerprint density at radius 3 is 2.57 bits per heavy atom. The van der Waals surface area contributed by atoms with Crippen molar-refractivity contribution in [3.8, 4) is 0 Å². The molecule has 3 aromatic rings. The molecule has 4 heterocycles. The van der Waals surface area contributed by atoms with Gasteiger partial charge in [-0.25, -0.2) is 8.78 Å². The molecule has 3 aliphatic heterocycles. The van der Waals surface area contributed by atoms with Crippen LogP contribution in [0.2, 0.25) is 5.02 Å². The molecule has 6 rings (SSSR count). The molecule has 2 fully saturated rings. The van der Waals surface area contributed by atoms with Gasteiger partial charge in [-0.05, 0) is 74.5 Å². The second-order valence-corrected chi connectivity index (χ2v) is 11.3. The average molecular weight is 529 g/mol. The zero-order valence-corrected chi connectivity index (χ0v) is 21.3. The number of fused-ring (bicyclic) bond motifs is 3. The van der Waals surface area contributed by atoms with E-state index in [1.54, 1.807) is 11.0 Å². The van der Waals surface area contributed by atoms with Crippen molar-refractivity contribution in [1.82, 2.24) is 14.8 Å². The number of nitrogens with one attached hydrogen (secondary N) is 2. The van der Waals surface area contributed by atoms with Crippen LogP contribution in [0.4, 0.5) is 14.5 Å². The monoisotopic (exact) mass is 528 g/mol. The minimum absolute atomic E-state index is 0.141. The van der Waals surface area contributed by atoms with Gasteiger partial charge < -0.3 is 25.2 Å². The Labute approximate surface area is 219 Å². The Hall–Kier alpha value is -2.68. The summed E-state index contributed by atoms with van der Waals surface area (Å²) in [5.74, 6) is -1.92. The number of aromatic amines is 1. The van der Waals surface area contributed by atoms with E-state index >= 15 is 0 Å². The molecule has 37 heavy (non-hydrogen) atoms. The number of β-amino-alcohol motifs (C(OH)–C–C–N with tert-alkyl or cyclic N) is 1. The smallest absolute Gasteiger partial charge is 0.270 e. The Morgan fingerprint density at radius 1 is 1.08 bits per heavy atom. The van der Waals surface area contributed by atoms with Crippen molar-refractivity contribution in [1.29, 1.82) is 0 Å². The van der Waals surface area contributed by atoms with Crippen LogP contribution in [0.3, 0.4) is 0 Å². The van der Waals surface area contributed by atoms with Crippen LogP contribution in [-0.2, 0) is 5.41 Å². The van der Waals surface area contributed by atoms with Crippen molar-refractivity contribution in [3.05, 3.63) is 64.3 Å². The lowest BCUT2D eigenvalue weighted by Gasteiger charge is -2.41. The minimum atomic E-state index is -0.943. The number of benzene rings is 2. The number of amides is 1. The van der Waals surface area contributed by atoms with Gasteiger partial charge in [0.15, 0.2) is 11.6 Å². The van der Waals surface area contributed by atoms with Crippen LogP contribution in [0.25, 0.3) is 10.9 Å². The van der Waals surface area contributed by atoms with Gasteiger partial charge >= 0.3 is 0 Å². The fourth-order valence-electron chi connectivity index (χ4n) is 6.41. The molecule has 0 radical (unpaired) electrons. The molecule has 1 spiro atoms. The maximum atomic E-state index is 13.5. The van der Waals surface area contributed by atoms with Gasteiger partial charge in [0.1, 0.15) is 5.69 Å². The first-order valence-electron chi connectivity index (χ1n) is 13.0. The molecule has 1 aromatic heterocycles. The minimum Gasteiger partial charge on any atom is -0.392 e. The molecule has 0 bridgehead atoms. The summed E-state index contributed by atoms with van der Waals surface area (Å²) in [6.45, 7) is 4.57. The van der Waals surface area contributed by atoms with E-state index < -0.39 is 17.7 Å². The molecule has 3 N–H and O–H groups in total. The molecule has 196 valence electrons. The van der Waals surface area contributed by atoms with Gasteiger partial charge in [-0.2, -0.15) is 0 Å². The summed E-state index contributed by atoms with van der Waals surface area (Å²) < 4.78 is 27.1. The first-order chi connectivity index (χ1) is 17.8. The van der Waals surface area contributed by atoms with Crippen molar-refractivity contribution >= 4 is 34.1 Å². The quantitative estimate of drug-likeness (QED) is 0.456. The Bertz CT molecular complexity index is 1290. The van der Waals surface area contributed by atoms with E-state index in [-0.39, 0.29) is 17.2 Å². The largest absolute Gasteiger partial charge is 0.392 e. The SMILES string of the molecule is O=C(c1cc2cc(F)c(F)cc2[nH]1)N1CCC(C(O)CN2CCC3(CC2)CNc2cc(Cl)ccc23)CC1. The number of nitrogens with zero attached hydrogens (tertiary/aromatic N) is 2. The van der Waals surface area contributed by atoms with E-state index in [1.165, 1.54) is 5.56 Å². The van der Waals surface area contributed by atoms with E-state index in [2.05, 4.69) is 21.3 Å². The molecule has 2 aromatic carbocycles. The molecule has 3 aliphatic rings. The van der Waals surface area contributed by atoms with Gasteiger partial charge in [0.2, 0.25) is 0 Å². The number of carbonyl (C=O) groups is 1. The average Bonchev–Trinajstić information content (AvgIpc) is 3.46. The molecule has 0 aliphatic carbocycles. The molecule has 6 nitrogen and oxygen atoms in total. The van der Waals surface area contributed by atoms with Crippen molar-refractivity contribution < 1.29 is 18.7 Å². The van der Waals surface area contributed by atoms with Crippen LogP contribution in [0.15, 0.2) is 36.4 Å². The second-order valence-electron chi connectivity index (χ2n) is 10.9. The summed E-state index contributed by atoms with van der Waals surface area (Å²) in [6.07, 6.45) is 3.12. The number of rotatable bonds is 4.